The van der Waals surface area contributed by atoms with Gasteiger partial charge in [-0.25, -0.2) is 57.1 Å². The van der Waals surface area contributed by atoms with Crippen molar-refractivity contribution in [2.75, 3.05) is 56.8 Å². The fourth-order valence-electron chi connectivity index (χ4n) is 11.6. The van der Waals surface area contributed by atoms with E-state index in [-0.39, 0.29) is 107 Å². The van der Waals surface area contributed by atoms with Crippen molar-refractivity contribution in [1.29, 1.82) is 0 Å². The number of carbonyl (C=O) groups is 3. The van der Waals surface area contributed by atoms with E-state index in [0.717, 1.165) is 0 Å². The first-order valence-corrected chi connectivity index (χ1v) is 37.1. The van der Waals surface area contributed by atoms with Crippen LogP contribution in [0.25, 0.3) is 33.5 Å². The molecule has 39 nitrogen and oxygen atoms in total. The fourth-order valence-corrected chi connectivity index (χ4v) is 16.9. The molecule has 6 aliphatic rings. The molecule has 0 saturated carbocycles. The number of ether oxygens (including phenoxy) is 9. The summed E-state index contributed by atoms with van der Waals surface area (Å²) in [7, 11) is -12.2. The first-order valence-electron chi connectivity index (χ1n) is 32.5. The van der Waals surface area contributed by atoms with Gasteiger partial charge in [0.25, 0.3) is 0 Å². The third kappa shape index (κ3) is 16.1. The third-order valence-electron chi connectivity index (χ3n) is 16.0. The standard InChI is InChI=1S/3C19H28FN6O7P/c3*1-6-29-15-12-14(23-18(21)24-15)26(8-22-12)17-19(5,20)13-11(32-17)7-30-34(28,33-13)25-10(4)16(27)31-9(2)3/h3*8-11,13,17H,6-7H2,1-5H3,(H,25,28)(H2,21,23,24)/t10-,11-,13-,17-,19-,34?;10-,11-,13-,17-,19-,34+;10-,11-,13-,17-,19-,34-/m111/s1. The van der Waals surface area contributed by atoms with Gasteiger partial charge in [0.15, 0.2) is 69.2 Å². The number of hydrogen-bond donors (Lipinski definition) is 6. The van der Waals surface area contributed by atoms with Gasteiger partial charge in [-0.15, -0.1) is 0 Å². The molecule has 564 valence electrons. The number of alkyl halides is 3. The van der Waals surface area contributed by atoms with Gasteiger partial charge in [0.05, 0.1) is 76.9 Å². The number of carbonyl (C=O) groups excluding carboxylic acids is 3. The van der Waals surface area contributed by atoms with Crippen LogP contribution in [-0.2, 0) is 83.6 Å². The molecule has 9 N–H and O–H groups in total. The van der Waals surface area contributed by atoms with Crippen LogP contribution in [-0.4, -0.2) is 206 Å². The maximum atomic E-state index is 16.2. The highest BCUT2D eigenvalue weighted by Crippen LogP contribution is 2.60. The molecule has 0 aliphatic carbocycles. The zero-order chi connectivity index (χ0) is 74.5. The first kappa shape index (κ1) is 77.5. The van der Waals surface area contributed by atoms with Crippen molar-refractivity contribution >= 4 is 92.5 Å². The van der Waals surface area contributed by atoms with Gasteiger partial charge in [0.2, 0.25) is 35.5 Å². The van der Waals surface area contributed by atoms with Gasteiger partial charge in [-0.3, -0.25) is 55.2 Å². The molecular formula is C57H84F3N18O21P3. The second kappa shape index (κ2) is 30.1. The minimum Gasteiger partial charge on any atom is -0.476 e. The van der Waals surface area contributed by atoms with Gasteiger partial charge in [0.1, 0.15) is 54.7 Å². The Labute approximate surface area is 581 Å². The molecule has 0 bridgehead atoms. The minimum absolute atomic E-state index is 0.0794. The number of nitrogen functional groups attached to an aromatic ring is 3. The van der Waals surface area contributed by atoms with Crippen LogP contribution in [0.15, 0.2) is 19.0 Å². The average Bonchev–Trinajstić information content (AvgIpc) is 1.59. The molecule has 12 heterocycles. The summed E-state index contributed by atoms with van der Waals surface area (Å²) in [6, 6.07) is -3.03. The molecule has 0 spiro atoms. The second-order valence-corrected chi connectivity index (χ2v) is 30.6. The summed E-state index contributed by atoms with van der Waals surface area (Å²) in [5, 5.41) is 7.50. The molecule has 6 aliphatic heterocycles. The maximum Gasteiger partial charge on any atom is 0.406 e. The van der Waals surface area contributed by atoms with E-state index in [0.29, 0.717) is 19.8 Å². The van der Waals surface area contributed by atoms with Crippen LogP contribution < -0.4 is 46.7 Å². The molecule has 102 heavy (non-hydrogen) atoms. The second-order valence-electron chi connectivity index (χ2n) is 25.4. The smallest absolute Gasteiger partial charge is 0.406 e. The van der Waals surface area contributed by atoms with E-state index in [4.69, 9.17) is 87.0 Å². The molecule has 45 heteroatoms. The third-order valence-corrected chi connectivity index (χ3v) is 21.1. The number of imidazole rings is 3. The van der Waals surface area contributed by atoms with Crippen molar-refractivity contribution in [2.45, 2.75) is 213 Å². The average molecular weight is 1510 g/mol. The van der Waals surface area contributed by atoms with Gasteiger partial charge in [-0.2, -0.15) is 29.9 Å². The summed E-state index contributed by atoms with van der Waals surface area (Å²) in [5.74, 6) is -1.68. The molecule has 0 aromatic carbocycles. The van der Waals surface area contributed by atoms with E-state index < -0.39 is 132 Å². The van der Waals surface area contributed by atoms with E-state index in [1.165, 1.54) is 74.2 Å². The summed E-state index contributed by atoms with van der Waals surface area (Å²) in [5.41, 5.74) is 12.3. The number of hydrogen-bond acceptors (Lipinski definition) is 33. The van der Waals surface area contributed by atoms with Crippen LogP contribution in [0.1, 0.15) is 123 Å². The lowest BCUT2D eigenvalue weighted by Gasteiger charge is -2.35. The largest absolute Gasteiger partial charge is 0.476 e. The highest BCUT2D eigenvalue weighted by atomic mass is 31.2. The van der Waals surface area contributed by atoms with E-state index in [1.807, 2.05) is 0 Å². The van der Waals surface area contributed by atoms with E-state index in [1.54, 1.807) is 62.3 Å². The minimum atomic E-state index is -4.05. The van der Waals surface area contributed by atoms with E-state index in [9.17, 15) is 28.1 Å². The number of rotatable bonds is 21. The number of halogens is 3. The molecule has 0 amide bonds. The quantitative estimate of drug-likeness (QED) is 0.0287. The van der Waals surface area contributed by atoms with Gasteiger partial charge in [-0.05, 0) is 104 Å². The Morgan fingerprint density at radius 1 is 0.480 bits per heavy atom. The highest BCUT2D eigenvalue weighted by Gasteiger charge is 2.65. The van der Waals surface area contributed by atoms with Crippen LogP contribution in [0.3, 0.4) is 0 Å². The molecule has 0 radical (unpaired) electrons. The lowest BCUT2D eigenvalue weighted by Crippen LogP contribution is -2.47. The molecule has 1 unspecified atom stereocenters. The van der Waals surface area contributed by atoms with Crippen LogP contribution in [0.5, 0.6) is 17.6 Å². The highest BCUT2D eigenvalue weighted by molar-refractivity contribution is 7.52. The Bertz CT molecular complexity index is 3800. The molecule has 12 rings (SSSR count). The summed E-state index contributed by atoms with van der Waals surface area (Å²) in [4.78, 5) is 73.6. The first-order chi connectivity index (χ1) is 47.8. The Hall–Kier alpha value is -7.14. The monoisotopic (exact) mass is 1510 g/mol. The molecule has 6 fully saturated rings. The van der Waals surface area contributed by atoms with Crippen molar-refractivity contribution in [1.82, 2.24) is 73.8 Å². The number of esters is 3. The van der Waals surface area contributed by atoms with Crippen LogP contribution in [0.2, 0.25) is 0 Å². The van der Waals surface area contributed by atoms with Crippen LogP contribution >= 0.6 is 23.2 Å². The Morgan fingerprint density at radius 2 is 0.725 bits per heavy atom. The van der Waals surface area contributed by atoms with E-state index >= 15 is 13.2 Å². The Balaban J connectivity index is 0.000000165. The molecule has 6 aromatic rings. The number of nitrogens with one attached hydrogen (secondary N) is 3. The SMILES string of the molecule is CCOc1nc(N)nc2c1ncn2[C@@H]1O[C@@H]2COP(=O)(N[C@H](C)C(=O)OC(C)C)O[C@H]2[C@@]1(C)F.CCOc1nc(N)nc2c1ncn2[C@@H]1O[C@@H]2CO[P@@](=O)(N[C@H](C)C(=O)OC(C)C)O[C@H]2[C@@]1(C)F.CCOc1nc(N)nc2c1ncn2[C@@H]1O[C@@H]2CO[P@](=O)(N[C@H](C)C(=O)OC(C)C)O[C@H]2[C@@]1(C)F. The van der Waals surface area contributed by atoms with Gasteiger partial charge in [-0.1, -0.05) is 0 Å². The van der Waals surface area contributed by atoms with Crippen molar-refractivity contribution in [3.05, 3.63) is 19.0 Å². The zero-order valence-electron chi connectivity index (χ0n) is 58.3. The van der Waals surface area contributed by atoms with Crippen molar-refractivity contribution in [3.63, 3.8) is 0 Å². The van der Waals surface area contributed by atoms with Crippen LogP contribution in [0, 0.1) is 0 Å². The Kier molecular flexibility index (Phi) is 22.9. The predicted octanol–water partition coefficient (Wildman–Crippen LogP) is 5.66. The maximum absolute atomic E-state index is 16.2. The summed E-state index contributed by atoms with van der Waals surface area (Å²) in [6.07, 6.45) is -7.32. The molecule has 18 atom stereocenters. The topological polar surface area (TPSA) is 486 Å². The van der Waals surface area contributed by atoms with Crippen molar-refractivity contribution in [3.8, 4) is 17.6 Å². The number of nitrogens with two attached hydrogens (primary N) is 3. The van der Waals surface area contributed by atoms with Gasteiger partial charge < -0.3 is 59.8 Å². The van der Waals surface area contributed by atoms with Crippen molar-refractivity contribution in [2.24, 2.45) is 0 Å². The number of fused-ring (bicyclic) bond motifs is 6. The van der Waals surface area contributed by atoms with Crippen LogP contribution in [0.4, 0.5) is 31.0 Å². The molecule has 6 saturated heterocycles. The van der Waals surface area contributed by atoms with Crippen molar-refractivity contribution < 1.29 is 111 Å². The normalized spacial score (nSPS) is 32.0. The van der Waals surface area contributed by atoms with Gasteiger partial charge in [0, 0.05) is 0 Å². The lowest BCUT2D eigenvalue weighted by atomic mass is 9.98. The summed E-state index contributed by atoms with van der Waals surface area (Å²) >= 11 is 0. The van der Waals surface area contributed by atoms with Gasteiger partial charge >= 0.3 is 41.1 Å². The molecule has 6 aromatic heterocycles. The Morgan fingerprint density at radius 3 is 0.951 bits per heavy atom. The predicted molar refractivity (Wildman–Crippen MR) is 350 cm³/mol. The molecular weight excluding hydrogens is 1420 g/mol. The summed E-state index contributed by atoms with van der Waals surface area (Å²) < 4.78 is 174. The lowest BCUT2D eigenvalue weighted by molar-refractivity contribution is -0.150. The number of nitrogens with zero attached hydrogens (tertiary/aromatic N) is 12. The number of anilines is 3. The van der Waals surface area contributed by atoms with E-state index in [2.05, 4.69) is 60.1 Å². The summed E-state index contributed by atoms with van der Waals surface area (Å²) in [6.45, 7) is 23.8. The fraction of sp³-hybridized carbons (Fsp3) is 0.684. The number of aromatic nitrogens is 12. The zero-order valence-corrected chi connectivity index (χ0v) is 61.0.